The van der Waals surface area contributed by atoms with Crippen LogP contribution in [0.25, 0.3) is 10.2 Å². The summed E-state index contributed by atoms with van der Waals surface area (Å²) in [7, 11) is -3.97. The maximum Gasteiger partial charge on any atom is 0.247 e. The second kappa shape index (κ2) is 9.21. The van der Waals surface area contributed by atoms with Crippen molar-refractivity contribution < 1.29 is 17.6 Å². The Labute approximate surface area is 200 Å². The minimum absolute atomic E-state index is 0.0348. The van der Waals surface area contributed by atoms with Gasteiger partial charge in [-0.1, -0.05) is 29.5 Å². The Balaban J connectivity index is 1.51. The summed E-state index contributed by atoms with van der Waals surface area (Å²) in [6.07, 6.45) is 4.28. The minimum Gasteiger partial charge on any atom is -0.282 e. The van der Waals surface area contributed by atoms with E-state index >= 15 is 0 Å². The highest BCUT2D eigenvalue weighted by atomic mass is 32.2. The van der Waals surface area contributed by atoms with Crippen LogP contribution in [0.4, 0.5) is 9.52 Å². The lowest BCUT2D eigenvalue weighted by Crippen LogP contribution is -2.47. The number of anilines is 1. The largest absolute Gasteiger partial charge is 0.282 e. The van der Waals surface area contributed by atoms with Crippen LogP contribution in [0, 0.1) is 5.82 Å². The van der Waals surface area contributed by atoms with Crippen LogP contribution < -0.4 is 4.90 Å². The Kier molecular flexibility index (Phi) is 6.11. The van der Waals surface area contributed by atoms with E-state index in [2.05, 4.69) is 9.97 Å². The summed E-state index contributed by atoms with van der Waals surface area (Å²) in [6.45, 7) is 0.435. The highest BCUT2D eigenvalue weighted by Gasteiger charge is 2.42. The molecule has 1 aliphatic rings. The number of carbonyl (C=O) groups is 1. The number of aromatic nitrogens is 2. The summed E-state index contributed by atoms with van der Waals surface area (Å²) >= 11 is 1.38. The normalized spacial score (nSPS) is 16.7. The molecule has 0 radical (unpaired) electrons. The molecule has 1 amide bonds. The lowest BCUT2D eigenvalue weighted by molar-refractivity contribution is -0.121. The van der Waals surface area contributed by atoms with E-state index in [1.165, 1.54) is 27.8 Å². The highest BCUT2D eigenvalue weighted by Crippen LogP contribution is 2.33. The van der Waals surface area contributed by atoms with Gasteiger partial charge >= 0.3 is 0 Å². The van der Waals surface area contributed by atoms with Crippen molar-refractivity contribution in [1.29, 1.82) is 0 Å². The molecule has 0 N–H and O–H groups in total. The number of halogens is 1. The number of para-hydroxylation sites is 1. The Morgan fingerprint density at radius 1 is 1.12 bits per heavy atom. The molecule has 34 heavy (non-hydrogen) atoms. The molecule has 7 nitrogen and oxygen atoms in total. The number of fused-ring (bicyclic) bond motifs is 1. The lowest BCUT2D eigenvalue weighted by Gasteiger charge is -2.28. The predicted molar refractivity (Wildman–Crippen MR) is 128 cm³/mol. The molecule has 2 aromatic carbocycles. The summed E-state index contributed by atoms with van der Waals surface area (Å²) in [5.41, 5.74) is 1.58. The number of nitrogens with zero attached hydrogens (tertiary/aromatic N) is 4. The first-order valence-corrected chi connectivity index (χ1v) is 13.0. The van der Waals surface area contributed by atoms with Crippen LogP contribution in [0.15, 0.2) is 78.0 Å². The number of pyridine rings is 1. The molecule has 10 heteroatoms. The Hall–Kier alpha value is -3.21. The molecule has 5 rings (SSSR count). The van der Waals surface area contributed by atoms with Crippen LogP contribution >= 0.6 is 11.3 Å². The third-order valence-electron chi connectivity index (χ3n) is 5.75. The predicted octanol–water partition coefficient (Wildman–Crippen LogP) is 4.22. The first kappa shape index (κ1) is 22.6. The van der Waals surface area contributed by atoms with Crippen molar-refractivity contribution in [3.8, 4) is 0 Å². The number of sulfonamides is 1. The van der Waals surface area contributed by atoms with Gasteiger partial charge in [-0.2, -0.15) is 4.31 Å². The van der Waals surface area contributed by atoms with Crippen LogP contribution in [0.1, 0.15) is 18.4 Å². The molecule has 174 valence electrons. The van der Waals surface area contributed by atoms with Crippen molar-refractivity contribution in [2.75, 3.05) is 11.4 Å². The topological polar surface area (TPSA) is 83.5 Å². The maximum atomic E-state index is 13.9. The monoisotopic (exact) mass is 496 g/mol. The average molecular weight is 497 g/mol. The van der Waals surface area contributed by atoms with Gasteiger partial charge in [0.05, 0.1) is 21.7 Å². The Morgan fingerprint density at radius 2 is 1.91 bits per heavy atom. The van der Waals surface area contributed by atoms with E-state index in [0.717, 1.165) is 27.9 Å². The number of benzene rings is 2. The molecule has 1 saturated heterocycles. The second-order valence-corrected chi connectivity index (χ2v) is 10.9. The van der Waals surface area contributed by atoms with Crippen LogP contribution in [-0.2, 0) is 21.4 Å². The molecule has 1 atom stereocenters. The second-order valence-electron chi connectivity index (χ2n) is 7.98. The van der Waals surface area contributed by atoms with E-state index in [0.29, 0.717) is 18.0 Å². The average Bonchev–Trinajstić information content (AvgIpc) is 3.51. The molecule has 0 unspecified atom stereocenters. The van der Waals surface area contributed by atoms with Crippen molar-refractivity contribution in [3.05, 3.63) is 84.4 Å². The van der Waals surface area contributed by atoms with Gasteiger partial charge in [0.25, 0.3) is 0 Å². The summed E-state index contributed by atoms with van der Waals surface area (Å²) < 4.78 is 42.2. The van der Waals surface area contributed by atoms with E-state index in [-0.39, 0.29) is 23.9 Å². The van der Waals surface area contributed by atoms with Gasteiger partial charge in [0.15, 0.2) is 5.13 Å². The lowest BCUT2D eigenvalue weighted by atomic mass is 10.2. The SMILES string of the molecule is O=C([C@@H]1CCCN1S(=O)(=O)c1ccc(F)cc1)N(Cc1cccnc1)c1nc2ccccc2s1. The summed E-state index contributed by atoms with van der Waals surface area (Å²) in [4.78, 5) is 24.2. The molecule has 1 fully saturated rings. The molecule has 0 saturated carbocycles. The molecule has 1 aliphatic heterocycles. The van der Waals surface area contributed by atoms with Crippen LogP contribution in [0.2, 0.25) is 0 Å². The van der Waals surface area contributed by atoms with Crippen LogP contribution in [0.3, 0.4) is 0 Å². The Bertz CT molecular complexity index is 1390. The number of hydrogen-bond acceptors (Lipinski definition) is 6. The minimum atomic E-state index is -3.97. The Morgan fingerprint density at radius 3 is 2.65 bits per heavy atom. The van der Waals surface area contributed by atoms with Gasteiger partial charge in [0, 0.05) is 18.9 Å². The van der Waals surface area contributed by atoms with Gasteiger partial charge in [-0.05, 0) is 60.9 Å². The quantitative estimate of drug-likeness (QED) is 0.399. The third-order valence-corrected chi connectivity index (χ3v) is 8.73. The van der Waals surface area contributed by atoms with Crippen molar-refractivity contribution >= 4 is 42.6 Å². The zero-order valence-electron chi connectivity index (χ0n) is 18.0. The van der Waals surface area contributed by atoms with Crippen molar-refractivity contribution in [3.63, 3.8) is 0 Å². The molecule has 0 spiro atoms. The van der Waals surface area contributed by atoms with Gasteiger partial charge in [0.1, 0.15) is 11.9 Å². The van der Waals surface area contributed by atoms with Crippen LogP contribution in [-0.4, -0.2) is 41.2 Å². The molecular weight excluding hydrogens is 475 g/mol. The summed E-state index contributed by atoms with van der Waals surface area (Å²) in [6, 6.07) is 15.0. The number of rotatable bonds is 6. The first-order chi connectivity index (χ1) is 16.4. The fourth-order valence-electron chi connectivity index (χ4n) is 4.09. The zero-order chi connectivity index (χ0) is 23.7. The van der Waals surface area contributed by atoms with Gasteiger partial charge < -0.3 is 0 Å². The molecule has 3 heterocycles. The number of hydrogen-bond donors (Lipinski definition) is 0. The fraction of sp³-hybridized carbons (Fsp3) is 0.208. The summed E-state index contributed by atoms with van der Waals surface area (Å²) in [5.74, 6) is -0.863. The fourth-order valence-corrected chi connectivity index (χ4v) is 6.71. The molecule has 4 aromatic rings. The summed E-state index contributed by atoms with van der Waals surface area (Å²) in [5, 5.41) is 0.501. The standard InChI is InChI=1S/C24H21FN4O3S2/c25-18-9-11-19(12-10-18)34(31,32)29-14-4-7-21(29)23(30)28(16-17-5-3-13-26-15-17)24-27-20-6-1-2-8-22(20)33-24/h1-3,5-6,8-13,15,21H,4,7,14,16H2/t21-/m0/s1. The van der Waals surface area contributed by atoms with E-state index in [9.17, 15) is 17.6 Å². The number of amides is 1. The van der Waals surface area contributed by atoms with Gasteiger partial charge in [0.2, 0.25) is 15.9 Å². The smallest absolute Gasteiger partial charge is 0.247 e. The van der Waals surface area contributed by atoms with Gasteiger partial charge in [-0.3, -0.25) is 14.7 Å². The van der Waals surface area contributed by atoms with Gasteiger partial charge in [-0.25, -0.2) is 17.8 Å². The van der Waals surface area contributed by atoms with Gasteiger partial charge in [-0.15, -0.1) is 0 Å². The zero-order valence-corrected chi connectivity index (χ0v) is 19.7. The maximum absolute atomic E-state index is 13.9. The van der Waals surface area contributed by atoms with E-state index in [4.69, 9.17) is 0 Å². The molecule has 0 bridgehead atoms. The van der Waals surface area contributed by atoms with E-state index < -0.39 is 21.9 Å². The van der Waals surface area contributed by atoms with E-state index in [1.807, 2.05) is 30.3 Å². The number of thiazole rings is 1. The van der Waals surface area contributed by atoms with E-state index in [1.54, 1.807) is 23.4 Å². The molecule has 2 aromatic heterocycles. The van der Waals surface area contributed by atoms with Crippen molar-refractivity contribution in [1.82, 2.24) is 14.3 Å². The molecule has 0 aliphatic carbocycles. The van der Waals surface area contributed by atoms with Crippen molar-refractivity contribution in [2.45, 2.75) is 30.3 Å². The third kappa shape index (κ3) is 4.31. The van der Waals surface area contributed by atoms with Crippen molar-refractivity contribution in [2.24, 2.45) is 0 Å². The first-order valence-electron chi connectivity index (χ1n) is 10.8. The van der Waals surface area contributed by atoms with Crippen LogP contribution in [0.5, 0.6) is 0 Å². The highest BCUT2D eigenvalue weighted by molar-refractivity contribution is 7.89. The number of carbonyl (C=O) groups excluding carboxylic acids is 1. The molecular formula is C24H21FN4O3S2.